The van der Waals surface area contributed by atoms with E-state index in [0.29, 0.717) is 22.4 Å². The second kappa shape index (κ2) is 11.2. The molecule has 32 heavy (non-hydrogen) atoms. The SMILES string of the molecule is Cc1cccc(C(=O)Oc2ccc(C=NNC(=O)CNC(=O)c3ccccc3I)cc2)c1. The molecule has 0 spiro atoms. The third-order valence-corrected chi connectivity index (χ3v) is 5.22. The molecule has 0 aromatic heterocycles. The van der Waals surface area contributed by atoms with Crippen LogP contribution in [0.1, 0.15) is 31.8 Å². The minimum absolute atomic E-state index is 0.199. The normalized spacial score (nSPS) is 10.6. The highest BCUT2D eigenvalue weighted by Crippen LogP contribution is 2.14. The molecular weight excluding hydrogens is 521 g/mol. The van der Waals surface area contributed by atoms with E-state index in [1.807, 2.05) is 25.1 Å². The maximum absolute atomic E-state index is 12.2. The number of hydrogen-bond acceptors (Lipinski definition) is 5. The van der Waals surface area contributed by atoms with E-state index in [-0.39, 0.29) is 12.5 Å². The first kappa shape index (κ1) is 23.1. The van der Waals surface area contributed by atoms with Crippen LogP contribution in [0.4, 0.5) is 0 Å². The Bertz CT molecular complexity index is 1160. The van der Waals surface area contributed by atoms with Gasteiger partial charge in [-0.15, -0.1) is 0 Å². The zero-order chi connectivity index (χ0) is 22.9. The van der Waals surface area contributed by atoms with Gasteiger partial charge in [0.1, 0.15) is 5.75 Å². The van der Waals surface area contributed by atoms with Gasteiger partial charge < -0.3 is 10.1 Å². The smallest absolute Gasteiger partial charge is 0.343 e. The van der Waals surface area contributed by atoms with Gasteiger partial charge in [0.2, 0.25) is 0 Å². The van der Waals surface area contributed by atoms with Crippen LogP contribution in [-0.4, -0.2) is 30.5 Å². The number of hydrazone groups is 1. The molecule has 0 aliphatic heterocycles. The number of amides is 2. The van der Waals surface area contributed by atoms with Crippen molar-refractivity contribution < 1.29 is 19.1 Å². The third kappa shape index (κ3) is 6.74. The highest BCUT2D eigenvalue weighted by atomic mass is 127. The van der Waals surface area contributed by atoms with Crippen molar-refractivity contribution in [3.8, 4) is 5.75 Å². The fourth-order valence-electron chi connectivity index (χ4n) is 2.68. The maximum Gasteiger partial charge on any atom is 0.343 e. The van der Waals surface area contributed by atoms with Crippen LogP contribution in [-0.2, 0) is 4.79 Å². The summed E-state index contributed by atoms with van der Waals surface area (Å²) in [6, 6.07) is 20.9. The van der Waals surface area contributed by atoms with Crippen LogP contribution in [0.25, 0.3) is 0 Å². The number of nitrogens with one attached hydrogen (secondary N) is 2. The van der Waals surface area contributed by atoms with Crippen molar-refractivity contribution in [3.05, 3.63) is 98.6 Å². The van der Waals surface area contributed by atoms with Gasteiger partial charge in [-0.3, -0.25) is 9.59 Å². The molecule has 2 amide bonds. The summed E-state index contributed by atoms with van der Waals surface area (Å²) in [5.41, 5.74) is 5.01. The zero-order valence-corrected chi connectivity index (χ0v) is 19.3. The molecule has 0 saturated carbocycles. The Morgan fingerprint density at radius 3 is 2.47 bits per heavy atom. The second-order valence-electron chi connectivity index (χ2n) is 6.78. The molecule has 0 aliphatic rings. The van der Waals surface area contributed by atoms with Crippen molar-refractivity contribution in [2.24, 2.45) is 5.10 Å². The summed E-state index contributed by atoms with van der Waals surface area (Å²) in [5, 5.41) is 6.43. The second-order valence-corrected chi connectivity index (χ2v) is 7.95. The maximum atomic E-state index is 12.2. The summed E-state index contributed by atoms with van der Waals surface area (Å²) in [5.74, 6) is -0.820. The molecule has 0 fully saturated rings. The first-order chi connectivity index (χ1) is 15.4. The summed E-state index contributed by atoms with van der Waals surface area (Å²) < 4.78 is 6.16. The molecule has 0 atom stereocenters. The molecule has 0 saturated heterocycles. The van der Waals surface area contributed by atoms with Crippen LogP contribution in [0.3, 0.4) is 0 Å². The van der Waals surface area contributed by atoms with Gasteiger partial charge in [0.05, 0.1) is 23.9 Å². The van der Waals surface area contributed by atoms with Gasteiger partial charge in [0.15, 0.2) is 0 Å². The summed E-state index contributed by atoms with van der Waals surface area (Å²) in [7, 11) is 0. The average Bonchev–Trinajstić information content (AvgIpc) is 2.79. The number of ether oxygens (including phenoxy) is 1. The number of benzene rings is 3. The van der Waals surface area contributed by atoms with Gasteiger partial charge in [-0.2, -0.15) is 5.10 Å². The average molecular weight is 541 g/mol. The molecule has 2 N–H and O–H groups in total. The van der Waals surface area contributed by atoms with Gasteiger partial charge in [-0.05, 0) is 83.6 Å². The predicted octanol–water partition coefficient (Wildman–Crippen LogP) is 3.70. The molecule has 162 valence electrons. The zero-order valence-electron chi connectivity index (χ0n) is 17.2. The van der Waals surface area contributed by atoms with Crippen LogP contribution in [0, 0.1) is 10.5 Å². The number of esters is 1. The first-order valence-electron chi connectivity index (χ1n) is 9.66. The predicted molar refractivity (Wildman–Crippen MR) is 130 cm³/mol. The van der Waals surface area contributed by atoms with Crippen molar-refractivity contribution in [1.82, 2.24) is 10.7 Å². The molecule has 0 aliphatic carbocycles. The number of rotatable bonds is 7. The molecule has 7 nitrogen and oxygen atoms in total. The number of carbonyl (C=O) groups excluding carboxylic acids is 3. The van der Waals surface area contributed by atoms with Crippen LogP contribution >= 0.6 is 22.6 Å². The van der Waals surface area contributed by atoms with Gasteiger partial charge in [0, 0.05) is 3.57 Å². The number of hydrogen-bond donors (Lipinski definition) is 2. The standard InChI is InChI=1S/C24H20IN3O4/c1-16-5-4-6-18(13-16)24(31)32-19-11-9-17(10-12-19)14-27-28-22(29)15-26-23(30)20-7-2-3-8-21(20)25/h2-14H,15H2,1H3,(H,26,30)(H,28,29). The Morgan fingerprint density at radius 1 is 1.00 bits per heavy atom. The molecule has 0 heterocycles. The van der Waals surface area contributed by atoms with E-state index in [1.165, 1.54) is 6.21 Å². The monoisotopic (exact) mass is 541 g/mol. The van der Waals surface area contributed by atoms with Crippen molar-refractivity contribution in [2.45, 2.75) is 6.92 Å². The van der Waals surface area contributed by atoms with E-state index >= 15 is 0 Å². The van der Waals surface area contributed by atoms with E-state index in [9.17, 15) is 14.4 Å². The Morgan fingerprint density at radius 2 is 1.75 bits per heavy atom. The van der Waals surface area contributed by atoms with Gasteiger partial charge in [-0.25, -0.2) is 10.2 Å². The highest BCUT2D eigenvalue weighted by Gasteiger charge is 2.10. The number of nitrogens with zero attached hydrogens (tertiary/aromatic N) is 1. The molecule has 0 bridgehead atoms. The fraction of sp³-hybridized carbons (Fsp3) is 0.0833. The van der Waals surface area contributed by atoms with E-state index in [4.69, 9.17) is 4.74 Å². The van der Waals surface area contributed by atoms with Crippen molar-refractivity contribution >= 4 is 46.6 Å². The lowest BCUT2D eigenvalue weighted by atomic mass is 10.1. The van der Waals surface area contributed by atoms with Crippen molar-refractivity contribution in [2.75, 3.05) is 6.54 Å². The Labute approximate surface area is 199 Å². The molecule has 3 aromatic rings. The van der Waals surface area contributed by atoms with Crippen LogP contribution in [0.15, 0.2) is 77.9 Å². The van der Waals surface area contributed by atoms with E-state index < -0.39 is 11.9 Å². The number of halogens is 1. The molecular formula is C24H20IN3O4. The van der Waals surface area contributed by atoms with Crippen LogP contribution in [0.5, 0.6) is 5.75 Å². The molecule has 0 radical (unpaired) electrons. The van der Waals surface area contributed by atoms with Crippen LogP contribution in [0.2, 0.25) is 0 Å². The summed E-state index contributed by atoms with van der Waals surface area (Å²) >= 11 is 2.06. The summed E-state index contributed by atoms with van der Waals surface area (Å²) in [6.45, 7) is 1.70. The van der Waals surface area contributed by atoms with Gasteiger partial charge >= 0.3 is 5.97 Å². The third-order valence-electron chi connectivity index (χ3n) is 4.28. The fourth-order valence-corrected chi connectivity index (χ4v) is 3.31. The minimum Gasteiger partial charge on any atom is -0.423 e. The van der Waals surface area contributed by atoms with Gasteiger partial charge in [0.25, 0.3) is 11.8 Å². The first-order valence-corrected chi connectivity index (χ1v) is 10.7. The van der Waals surface area contributed by atoms with Gasteiger partial charge in [-0.1, -0.05) is 29.8 Å². The highest BCUT2D eigenvalue weighted by molar-refractivity contribution is 14.1. The van der Waals surface area contributed by atoms with E-state index in [0.717, 1.165) is 9.13 Å². The topological polar surface area (TPSA) is 96.9 Å². The Kier molecular flexibility index (Phi) is 8.09. The lowest BCUT2D eigenvalue weighted by Gasteiger charge is -2.06. The molecule has 3 aromatic carbocycles. The van der Waals surface area contributed by atoms with Crippen LogP contribution < -0.4 is 15.5 Å². The Balaban J connectivity index is 1.46. The van der Waals surface area contributed by atoms with Crippen molar-refractivity contribution in [1.29, 1.82) is 0 Å². The Hall–Kier alpha value is -3.53. The molecule has 3 rings (SSSR count). The lowest BCUT2D eigenvalue weighted by Crippen LogP contribution is -2.35. The van der Waals surface area contributed by atoms with E-state index in [2.05, 4.69) is 38.4 Å². The molecule has 0 unspecified atom stereocenters. The quantitative estimate of drug-likeness (QED) is 0.157. The minimum atomic E-state index is -0.454. The molecule has 8 heteroatoms. The van der Waals surface area contributed by atoms with Crippen molar-refractivity contribution in [3.63, 3.8) is 0 Å². The largest absolute Gasteiger partial charge is 0.423 e. The summed E-state index contributed by atoms with van der Waals surface area (Å²) in [4.78, 5) is 36.2. The van der Waals surface area contributed by atoms with E-state index in [1.54, 1.807) is 54.6 Å². The number of carbonyl (C=O) groups is 3. The summed E-state index contributed by atoms with van der Waals surface area (Å²) in [6.07, 6.45) is 1.45. The lowest BCUT2D eigenvalue weighted by molar-refractivity contribution is -0.120. The number of aryl methyl sites for hydroxylation is 1.